The third-order valence-corrected chi connectivity index (χ3v) is 3.78. The number of amides is 2. The number of carbonyl (C=O) groups is 4. The molecule has 0 aliphatic rings. The van der Waals surface area contributed by atoms with Gasteiger partial charge in [-0.15, -0.1) is 0 Å². The van der Waals surface area contributed by atoms with Gasteiger partial charge in [-0.3, -0.25) is 9.59 Å². The number of aliphatic carboxylic acids is 1. The van der Waals surface area contributed by atoms with Crippen LogP contribution in [0.25, 0.3) is 0 Å². The maximum absolute atomic E-state index is 12.8. The van der Waals surface area contributed by atoms with Crippen molar-refractivity contribution in [3.63, 3.8) is 0 Å². The average molecular weight is 453 g/mol. The van der Waals surface area contributed by atoms with Gasteiger partial charge < -0.3 is 19.3 Å². The quantitative estimate of drug-likeness (QED) is 0.388. The zero-order valence-corrected chi connectivity index (χ0v) is 19.8. The smallest absolute Gasteiger partial charge is 0.425 e. The molecule has 0 saturated carbocycles. The van der Waals surface area contributed by atoms with E-state index < -0.39 is 41.2 Å². The summed E-state index contributed by atoms with van der Waals surface area (Å²) >= 11 is 0. The molecule has 0 radical (unpaired) electrons. The van der Waals surface area contributed by atoms with E-state index >= 15 is 0 Å². The minimum Gasteiger partial charge on any atom is -0.481 e. The van der Waals surface area contributed by atoms with Gasteiger partial charge in [-0.2, -0.15) is 4.90 Å². The second-order valence-corrected chi connectivity index (χ2v) is 9.13. The van der Waals surface area contributed by atoms with Crippen LogP contribution in [0.5, 0.6) is 0 Å². The maximum atomic E-state index is 12.8. The van der Waals surface area contributed by atoms with Crippen molar-refractivity contribution in [1.29, 1.82) is 0 Å². The predicted molar refractivity (Wildman–Crippen MR) is 115 cm³/mol. The van der Waals surface area contributed by atoms with Crippen LogP contribution in [0.1, 0.15) is 59.6 Å². The number of carbonyl (C=O) groups excluding carboxylic acids is 3. The van der Waals surface area contributed by atoms with Gasteiger partial charge in [0.1, 0.15) is 11.2 Å². The van der Waals surface area contributed by atoms with E-state index in [0.717, 1.165) is 0 Å². The van der Waals surface area contributed by atoms with Crippen LogP contribution in [0.15, 0.2) is 12.3 Å². The van der Waals surface area contributed by atoms with Crippen molar-refractivity contribution in [1.82, 2.24) is 4.98 Å². The van der Waals surface area contributed by atoms with Crippen LogP contribution in [0.3, 0.4) is 0 Å². The molecule has 1 unspecified atom stereocenters. The van der Waals surface area contributed by atoms with E-state index in [9.17, 15) is 24.3 Å². The fourth-order valence-electron chi connectivity index (χ4n) is 2.58. The molecular weight excluding hydrogens is 420 g/mol. The van der Waals surface area contributed by atoms with Gasteiger partial charge in [-0.1, -0.05) is 6.07 Å². The van der Waals surface area contributed by atoms with Gasteiger partial charge in [0.25, 0.3) is 0 Å². The van der Waals surface area contributed by atoms with E-state index in [2.05, 4.69) is 4.98 Å². The lowest BCUT2D eigenvalue weighted by molar-refractivity contribution is -0.158. The minimum absolute atomic E-state index is 0.0275. The van der Waals surface area contributed by atoms with Crippen LogP contribution < -0.4 is 4.90 Å². The fourth-order valence-corrected chi connectivity index (χ4v) is 2.58. The molecule has 10 heteroatoms. The molecule has 0 aliphatic carbocycles. The third-order valence-electron chi connectivity index (χ3n) is 3.78. The summed E-state index contributed by atoms with van der Waals surface area (Å²) in [5.74, 6) is -3.62. The molecule has 1 rings (SSSR count). The molecule has 1 atom stereocenters. The van der Waals surface area contributed by atoms with Crippen molar-refractivity contribution >= 4 is 29.9 Å². The van der Waals surface area contributed by atoms with Crippen LogP contribution in [0.2, 0.25) is 0 Å². The Hall–Kier alpha value is -3.17. The second kappa shape index (κ2) is 10.4. The van der Waals surface area contributed by atoms with E-state index in [4.69, 9.17) is 14.2 Å². The summed E-state index contributed by atoms with van der Waals surface area (Å²) < 4.78 is 15.5. The number of rotatable bonds is 6. The molecule has 0 fully saturated rings. The van der Waals surface area contributed by atoms with Crippen molar-refractivity contribution in [2.75, 3.05) is 11.5 Å². The topological polar surface area (TPSA) is 132 Å². The van der Waals surface area contributed by atoms with Crippen molar-refractivity contribution in [3.05, 3.63) is 23.4 Å². The monoisotopic (exact) mass is 452 g/mol. The second-order valence-electron chi connectivity index (χ2n) is 9.13. The molecule has 0 spiro atoms. The predicted octanol–water partition coefficient (Wildman–Crippen LogP) is 3.87. The summed E-state index contributed by atoms with van der Waals surface area (Å²) in [7, 11) is 0. The molecule has 1 N–H and O–H groups in total. The van der Waals surface area contributed by atoms with Crippen LogP contribution >= 0.6 is 0 Å². The van der Waals surface area contributed by atoms with E-state index in [1.54, 1.807) is 61.5 Å². The van der Waals surface area contributed by atoms with E-state index in [1.807, 2.05) is 0 Å². The molecule has 1 aromatic rings. The number of nitrogens with zero attached hydrogens (tertiary/aromatic N) is 2. The number of esters is 1. The Bertz CT molecular complexity index is 840. The Morgan fingerprint density at radius 2 is 1.53 bits per heavy atom. The molecule has 0 bridgehead atoms. The summed E-state index contributed by atoms with van der Waals surface area (Å²) in [6.45, 7) is 13.2. The van der Waals surface area contributed by atoms with Crippen molar-refractivity contribution in [2.45, 2.75) is 73.0 Å². The van der Waals surface area contributed by atoms with Crippen molar-refractivity contribution in [2.24, 2.45) is 5.92 Å². The largest absolute Gasteiger partial charge is 0.481 e. The van der Waals surface area contributed by atoms with Gasteiger partial charge in [0.15, 0.2) is 11.7 Å². The Kier molecular flexibility index (Phi) is 8.75. The van der Waals surface area contributed by atoms with Crippen molar-refractivity contribution in [3.8, 4) is 0 Å². The summed E-state index contributed by atoms with van der Waals surface area (Å²) in [6.07, 6.45) is -0.810. The summed E-state index contributed by atoms with van der Waals surface area (Å²) in [4.78, 5) is 53.8. The lowest BCUT2D eigenvalue weighted by atomic mass is 10.00. The molecule has 1 heterocycles. The molecule has 1 aromatic heterocycles. The van der Waals surface area contributed by atoms with Gasteiger partial charge in [0, 0.05) is 6.20 Å². The Morgan fingerprint density at radius 1 is 1.03 bits per heavy atom. The highest BCUT2D eigenvalue weighted by Crippen LogP contribution is 2.25. The van der Waals surface area contributed by atoms with E-state index in [1.165, 1.54) is 6.20 Å². The first-order valence-corrected chi connectivity index (χ1v) is 10.2. The Labute approximate surface area is 187 Å². The van der Waals surface area contributed by atoms with Crippen LogP contribution in [0, 0.1) is 12.8 Å². The van der Waals surface area contributed by atoms with E-state index in [-0.39, 0.29) is 18.8 Å². The SMILES string of the molecule is CCOC(=O)C(Cc1cnc(N(C(=O)OC(C)(C)C)C(=O)OC(C)(C)C)c(C)c1)C(=O)O. The van der Waals surface area contributed by atoms with Gasteiger partial charge in [-0.25, -0.2) is 14.6 Å². The molecule has 178 valence electrons. The number of ether oxygens (including phenoxy) is 3. The zero-order valence-electron chi connectivity index (χ0n) is 19.8. The normalized spacial score (nSPS) is 12.5. The highest BCUT2D eigenvalue weighted by Gasteiger charge is 2.35. The lowest BCUT2D eigenvalue weighted by Crippen LogP contribution is -2.44. The highest BCUT2D eigenvalue weighted by molar-refractivity contribution is 6.09. The number of carboxylic acid groups (broad SMARTS) is 1. The molecular formula is C22H32N2O8. The van der Waals surface area contributed by atoms with Crippen molar-refractivity contribution < 1.29 is 38.5 Å². The number of hydrogen-bond acceptors (Lipinski definition) is 8. The average Bonchev–Trinajstić information content (AvgIpc) is 2.58. The first-order valence-electron chi connectivity index (χ1n) is 10.2. The standard InChI is InChI=1S/C22H32N2O8/c1-9-30-18(27)15(17(25)26)11-14-10-13(2)16(23-12-14)24(19(28)31-21(3,4)5)20(29)32-22(6,7)8/h10,12,15H,9,11H2,1-8H3,(H,25,26). The molecule has 0 aromatic carbocycles. The highest BCUT2D eigenvalue weighted by atomic mass is 16.6. The van der Waals surface area contributed by atoms with Crippen LogP contribution in [-0.2, 0) is 30.2 Å². The molecule has 32 heavy (non-hydrogen) atoms. The number of imide groups is 1. The fraction of sp³-hybridized carbons (Fsp3) is 0.591. The number of hydrogen-bond donors (Lipinski definition) is 1. The molecule has 0 saturated heterocycles. The van der Waals surface area contributed by atoms with E-state index in [0.29, 0.717) is 16.0 Å². The number of anilines is 1. The first-order chi connectivity index (χ1) is 14.6. The minimum atomic E-state index is -1.41. The van der Waals surface area contributed by atoms with Gasteiger partial charge in [0.2, 0.25) is 0 Å². The van der Waals surface area contributed by atoms with Crippen LogP contribution in [0.4, 0.5) is 15.4 Å². The zero-order chi connectivity index (χ0) is 24.9. The third kappa shape index (κ3) is 8.16. The number of aryl methyl sites for hydroxylation is 1. The Balaban J connectivity index is 3.31. The Morgan fingerprint density at radius 3 is 1.91 bits per heavy atom. The van der Waals surface area contributed by atoms with Gasteiger partial charge >= 0.3 is 24.1 Å². The summed E-state index contributed by atoms with van der Waals surface area (Å²) in [6, 6.07) is 1.54. The number of carboxylic acids is 1. The molecule has 10 nitrogen and oxygen atoms in total. The van der Waals surface area contributed by atoms with Crippen LogP contribution in [-0.4, -0.2) is 52.0 Å². The maximum Gasteiger partial charge on any atom is 0.425 e. The molecule has 2 amide bonds. The van der Waals surface area contributed by atoms with Gasteiger partial charge in [0.05, 0.1) is 6.61 Å². The summed E-state index contributed by atoms with van der Waals surface area (Å²) in [5, 5.41) is 9.35. The summed E-state index contributed by atoms with van der Waals surface area (Å²) in [5.41, 5.74) is -0.953. The van der Waals surface area contributed by atoms with Gasteiger partial charge in [-0.05, 0) is 72.9 Å². The number of pyridine rings is 1. The number of aromatic nitrogens is 1. The first kappa shape index (κ1) is 26.9. The lowest BCUT2D eigenvalue weighted by Gasteiger charge is -2.28. The molecule has 0 aliphatic heterocycles.